The Morgan fingerprint density at radius 1 is 0.897 bits per heavy atom. The summed E-state index contributed by atoms with van der Waals surface area (Å²) in [6, 6.07) is 10.1. The van der Waals surface area contributed by atoms with Crippen molar-refractivity contribution in [3.63, 3.8) is 0 Å². The van der Waals surface area contributed by atoms with E-state index in [-0.39, 0.29) is 11.7 Å². The molecule has 2 fully saturated rings. The van der Waals surface area contributed by atoms with Gasteiger partial charge in [0.25, 0.3) is 11.8 Å². The molecule has 208 valence electrons. The second-order valence-corrected chi connectivity index (χ2v) is 11.7. The number of rotatable bonds is 5. The fourth-order valence-corrected chi connectivity index (χ4v) is 6.51. The molecule has 5 rings (SSSR count). The van der Waals surface area contributed by atoms with E-state index in [1.807, 2.05) is 29.0 Å². The van der Waals surface area contributed by atoms with Crippen LogP contribution in [0.3, 0.4) is 0 Å². The molecule has 3 aliphatic heterocycles. The molecule has 2 saturated heterocycles. The van der Waals surface area contributed by atoms with Crippen LogP contribution < -0.4 is 4.90 Å². The normalized spacial score (nSPS) is 20.4. The molecule has 0 aromatic heterocycles. The fourth-order valence-electron chi connectivity index (χ4n) is 6.27. The van der Waals surface area contributed by atoms with Crippen molar-refractivity contribution in [2.75, 3.05) is 44.7 Å². The van der Waals surface area contributed by atoms with E-state index in [0.717, 1.165) is 56.2 Å². The van der Waals surface area contributed by atoms with Gasteiger partial charge in [0.05, 0.1) is 16.5 Å². The minimum absolute atomic E-state index is 0.140. The number of anilines is 1. The molecule has 3 heterocycles. The van der Waals surface area contributed by atoms with Crippen LogP contribution in [-0.2, 0) is 16.0 Å². The van der Waals surface area contributed by atoms with E-state index in [1.54, 1.807) is 17.0 Å². The third-order valence-electron chi connectivity index (χ3n) is 8.60. The van der Waals surface area contributed by atoms with E-state index < -0.39 is 17.6 Å². The highest BCUT2D eigenvalue weighted by Crippen LogP contribution is 2.40. The Balaban J connectivity index is 1.28. The van der Waals surface area contributed by atoms with Crippen molar-refractivity contribution in [1.29, 1.82) is 0 Å². The standard InChI is InChI=1S/C31H37ClFN3O3/c1-34-20-26(29(37)31(39)35-13-5-3-2-4-6-14-35)24-18-25(27(32)19-28(24)34)30(38)36-15-11-22(12-16-36)17-21-7-9-23(33)10-8-21/h7-10,18-19,22,26H,2-6,11-17,20H2,1H3. The van der Waals surface area contributed by atoms with Crippen LogP contribution in [0.1, 0.15) is 72.3 Å². The fraction of sp³-hybridized carbons (Fsp3) is 0.516. The van der Waals surface area contributed by atoms with E-state index in [2.05, 4.69) is 0 Å². The van der Waals surface area contributed by atoms with Crippen molar-refractivity contribution >= 4 is 34.9 Å². The molecule has 0 aliphatic carbocycles. The summed E-state index contributed by atoms with van der Waals surface area (Å²) in [6.45, 7) is 2.89. The first-order valence-electron chi connectivity index (χ1n) is 14.2. The first kappa shape index (κ1) is 27.6. The van der Waals surface area contributed by atoms with Crippen LogP contribution in [0.5, 0.6) is 0 Å². The predicted molar refractivity (Wildman–Crippen MR) is 151 cm³/mol. The number of carbonyl (C=O) groups excluding carboxylic acids is 3. The number of likely N-dealkylation sites (N-methyl/N-ethyl adjacent to an activating group) is 1. The molecule has 2 aromatic carbocycles. The van der Waals surface area contributed by atoms with E-state index in [1.165, 1.54) is 18.6 Å². The van der Waals surface area contributed by atoms with Crippen molar-refractivity contribution in [1.82, 2.24) is 9.80 Å². The van der Waals surface area contributed by atoms with Gasteiger partial charge in [-0.2, -0.15) is 0 Å². The van der Waals surface area contributed by atoms with Crippen LogP contribution in [0.2, 0.25) is 5.02 Å². The first-order chi connectivity index (χ1) is 18.8. The molecular weight excluding hydrogens is 517 g/mol. The van der Waals surface area contributed by atoms with Gasteiger partial charge in [-0.25, -0.2) is 4.39 Å². The lowest BCUT2D eigenvalue weighted by molar-refractivity contribution is -0.145. The molecule has 0 spiro atoms. The number of piperidine rings is 1. The third-order valence-corrected chi connectivity index (χ3v) is 8.91. The number of fused-ring (bicyclic) bond motifs is 1. The van der Waals surface area contributed by atoms with Crippen molar-refractivity contribution in [2.45, 2.75) is 57.3 Å². The minimum Gasteiger partial charge on any atom is -0.373 e. The molecule has 39 heavy (non-hydrogen) atoms. The van der Waals surface area contributed by atoms with Crippen molar-refractivity contribution in [3.05, 3.63) is 63.9 Å². The Labute approximate surface area is 235 Å². The van der Waals surface area contributed by atoms with Gasteiger partial charge in [-0.15, -0.1) is 0 Å². The lowest BCUT2D eigenvalue weighted by atomic mass is 9.89. The van der Waals surface area contributed by atoms with Crippen LogP contribution >= 0.6 is 11.6 Å². The Morgan fingerprint density at radius 3 is 2.21 bits per heavy atom. The van der Waals surface area contributed by atoms with Crippen molar-refractivity contribution in [2.24, 2.45) is 5.92 Å². The Kier molecular flexibility index (Phi) is 8.55. The zero-order chi connectivity index (χ0) is 27.5. The minimum atomic E-state index is -0.604. The third kappa shape index (κ3) is 6.13. The molecule has 2 amide bonds. The molecule has 2 aromatic rings. The smallest absolute Gasteiger partial charge is 0.290 e. The highest BCUT2D eigenvalue weighted by molar-refractivity contribution is 6.39. The number of ketones is 1. The number of Topliss-reactive ketones (excluding diaryl/α,β-unsaturated/α-hetero) is 1. The lowest BCUT2D eigenvalue weighted by Gasteiger charge is -2.32. The molecule has 0 bridgehead atoms. The van der Waals surface area contributed by atoms with Gasteiger partial charge in [0.1, 0.15) is 5.82 Å². The van der Waals surface area contributed by atoms with Gasteiger partial charge in [0.2, 0.25) is 5.78 Å². The van der Waals surface area contributed by atoms with Crippen LogP contribution in [0, 0.1) is 11.7 Å². The number of benzene rings is 2. The zero-order valence-corrected chi connectivity index (χ0v) is 23.4. The van der Waals surface area contributed by atoms with Crippen molar-refractivity contribution < 1.29 is 18.8 Å². The number of hydrogen-bond donors (Lipinski definition) is 0. The summed E-state index contributed by atoms with van der Waals surface area (Å²) in [5, 5.41) is 0.363. The molecule has 3 aliphatic rings. The lowest BCUT2D eigenvalue weighted by Crippen LogP contribution is -2.41. The number of nitrogens with zero attached hydrogens (tertiary/aromatic N) is 3. The Hall–Kier alpha value is -2.93. The second-order valence-electron chi connectivity index (χ2n) is 11.3. The van der Waals surface area contributed by atoms with Gasteiger partial charge in [-0.1, -0.05) is 43.0 Å². The monoisotopic (exact) mass is 553 g/mol. The maximum Gasteiger partial charge on any atom is 0.290 e. The summed E-state index contributed by atoms with van der Waals surface area (Å²) in [6.07, 6.45) is 7.79. The molecule has 1 unspecified atom stereocenters. The van der Waals surface area contributed by atoms with Crippen LogP contribution in [-0.4, -0.2) is 67.2 Å². The molecule has 8 heteroatoms. The van der Waals surface area contributed by atoms with Gasteiger partial charge < -0.3 is 14.7 Å². The van der Waals surface area contributed by atoms with Gasteiger partial charge in [0, 0.05) is 45.5 Å². The van der Waals surface area contributed by atoms with Gasteiger partial charge in [-0.05, 0) is 73.4 Å². The molecule has 1 atom stereocenters. The zero-order valence-electron chi connectivity index (χ0n) is 22.6. The van der Waals surface area contributed by atoms with E-state index in [9.17, 15) is 18.8 Å². The van der Waals surface area contributed by atoms with E-state index >= 15 is 0 Å². The Morgan fingerprint density at radius 2 is 1.54 bits per heavy atom. The first-order valence-corrected chi connectivity index (χ1v) is 14.6. The summed E-state index contributed by atoms with van der Waals surface area (Å²) in [5.74, 6) is -1.35. The summed E-state index contributed by atoms with van der Waals surface area (Å²) in [7, 11) is 1.89. The summed E-state index contributed by atoms with van der Waals surface area (Å²) < 4.78 is 13.2. The predicted octanol–water partition coefficient (Wildman–Crippen LogP) is 5.47. The number of halogens is 2. The largest absolute Gasteiger partial charge is 0.373 e. The summed E-state index contributed by atoms with van der Waals surface area (Å²) in [5.41, 5.74) is 3.00. The molecular formula is C31H37ClFN3O3. The quantitative estimate of drug-likeness (QED) is 0.461. The number of amides is 2. The average Bonchev–Trinajstić information content (AvgIpc) is 3.23. The molecule has 0 radical (unpaired) electrons. The number of hydrogen-bond acceptors (Lipinski definition) is 4. The molecule has 0 saturated carbocycles. The summed E-state index contributed by atoms with van der Waals surface area (Å²) in [4.78, 5) is 45.7. The van der Waals surface area contributed by atoms with E-state index in [4.69, 9.17) is 11.6 Å². The average molecular weight is 554 g/mol. The van der Waals surface area contributed by atoms with Crippen molar-refractivity contribution in [3.8, 4) is 0 Å². The van der Waals surface area contributed by atoms with Crippen LogP contribution in [0.25, 0.3) is 0 Å². The second kappa shape index (κ2) is 12.1. The number of carbonyl (C=O) groups is 3. The maximum absolute atomic E-state index is 13.6. The van der Waals surface area contributed by atoms with Gasteiger partial charge >= 0.3 is 0 Å². The van der Waals surface area contributed by atoms with Crippen LogP contribution in [0.15, 0.2) is 36.4 Å². The highest BCUT2D eigenvalue weighted by atomic mass is 35.5. The number of likely N-dealkylation sites (tertiary alicyclic amines) is 2. The topological polar surface area (TPSA) is 60.9 Å². The van der Waals surface area contributed by atoms with Crippen LogP contribution in [0.4, 0.5) is 10.1 Å². The maximum atomic E-state index is 13.6. The van der Waals surface area contributed by atoms with Gasteiger partial charge in [0.15, 0.2) is 0 Å². The Bertz CT molecular complexity index is 1220. The highest BCUT2D eigenvalue weighted by Gasteiger charge is 2.38. The molecule has 6 nitrogen and oxygen atoms in total. The van der Waals surface area contributed by atoms with Gasteiger partial charge in [-0.3, -0.25) is 14.4 Å². The van der Waals surface area contributed by atoms with E-state index in [0.29, 0.717) is 54.8 Å². The SMILES string of the molecule is CN1CC(C(=O)C(=O)N2CCCCCCC2)c2cc(C(=O)N3CCC(Cc4ccc(F)cc4)CC3)c(Cl)cc21. The summed E-state index contributed by atoms with van der Waals surface area (Å²) >= 11 is 6.62. The molecule has 0 N–H and O–H groups in total.